The van der Waals surface area contributed by atoms with E-state index in [2.05, 4.69) is 81.2 Å². The number of aromatic nitrogens is 11. The number of nitriles is 3. The molecule has 0 unspecified atom stereocenters. The standard InChI is InChI=1S/C28H24N6O.2C27H23N7O3S/c1-17-14-21(20-6-8-22(30)9-7-20)15-18(2)26(17)35-27-25-24(12-13-34(25)3)32-28(33-27)31-23-10-4-19(16-29)5-11-23;1-16-12-20(19-6-10-22(11-7-19)38(29,35)36)13-17(2)24(16)37-26-23-25(30-15-34(23)3)32-27(33-26)31-21-8-4-18(14-28)5-9-21;1-16-12-20(19-6-10-22(11-7-19)38(29,35)36)13-17(2)24(16)37-26-23-25(34(3)15-30-23)32-27(33-26)31-21-8-4-18(14-28)5-9-21/h4-15H,30H2,1-3H3,(H,31,32,33);2*4-13,15H,1-3H3,(H2,29,35,36)(H,31,32,33). The average Bonchev–Trinajstić information content (AvgIpc) is 1.74. The minimum atomic E-state index is -3.76. The number of nitrogens with zero attached hydrogens (tertiary/aromatic N) is 14. The van der Waals surface area contributed by atoms with Crippen LogP contribution >= 0.6 is 0 Å². The highest BCUT2D eigenvalue weighted by Gasteiger charge is 2.23. The number of primary sulfonamides is 2. The van der Waals surface area contributed by atoms with Crippen LogP contribution in [0.5, 0.6) is 34.9 Å². The first kappa shape index (κ1) is 74.8. The Balaban J connectivity index is 0.000000146. The Hall–Kier alpha value is -14.4. The number of nitrogens with one attached hydrogen (secondary N) is 3. The lowest BCUT2D eigenvalue weighted by molar-refractivity contribution is 0.459. The molecule has 0 aliphatic rings. The minimum absolute atomic E-state index is 0.0585. The number of ether oxygens (including phenoxy) is 3. The van der Waals surface area contributed by atoms with Gasteiger partial charge in [0.25, 0.3) is 11.8 Å². The van der Waals surface area contributed by atoms with E-state index in [0.717, 1.165) is 106 Å². The summed E-state index contributed by atoms with van der Waals surface area (Å²) in [6.07, 6.45) is 5.22. The number of nitrogen functional groups attached to an aromatic ring is 1. The van der Waals surface area contributed by atoms with E-state index in [1.54, 1.807) is 107 Å². The molecule has 0 aliphatic carbocycles. The van der Waals surface area contributed by atoms with Crippen LogP contribution in [0.2, 0.25) is 0 Å². The Kier molecular flexibility index (Phi) is 21.0. The molecular formula is C82H70N20O7S2. The molecule has 27 nitrogen and oxygen atoms in total. The lowest BCUT2D eigenvalue weighted by Gasteiger charge is -2.15. The van der Waals surface area contributed by atoms with Crippen molar-refractivity contribution in [3.05, 3.63) is 257 Å². The van der Waals surface area contributed by atoms with Crippen LogP contribution < -0.4 is 46.2 Å². The lowest BCUT2D eigenvalue weighted by atomic mass is 9.99. The smallest absolute Gasteiger partial charge is 0.252 e. The van der Waals surface area contributed by atoms with Crippen molar-refractivity contribution in [2.75, 3.05) is 21.7 Å². The summed E-state index contributed by atoms with van der Waals surface area (Å²) in [6.45, 7) is 11.8. The van der Waals surface area contributed by atoms with Crippen molar-refractivity contribution in [1.82, 2.24) is 53.6 Å². The SMILES string of the molecule is Cc1cc(-c2ccc(N)cc2)cc(C)c1Oc1nc(Nc2ccc(C#N)cc2)nc2ccn(C)c12.Cc1cc(-c2ccc(S(N)(=O)=O)cc2)cc(C)c1Oc1nc(Nc2ccc(C#N)cc2)nc2c1ncn2C.Cc1cc(-c2ccc(S(N)(=O)=O)cc2)cc(C)c1Oc1nc(Nc2ccc(C#N)cc2)nc2ncn(C)c12. The van der Waals surface area contributed by atoms with Gasteiger partial charge in [0.2, 0.25) is 43.8 Å². The van der Waals surface area contributed by atoms with Crippen molar-refractivity contribution < 1.29 is 31.0 Å². The third-order valence-electron chi connectivity index (χ3n) is 17.8. The second-order valence-electron chi connectivity index (χ2n) is 26.1. The van der Waals surface area contributed by atoms with E-state index < -0.39 is 20.0 Å². The molecule has 9 aromatic carbocycles. The van der Waals surface area contributed by atoms with E-state index in [-0.39, 0.29) is 9.79 Å². The van der Waals surface area contributed by atoms with Crippen molar-refractivity contribution in [2.24, 2.45) is 31.4 Å². The highest BCUT2D eigenvalue weighted by Crippen LogP contribution is 2.40. The zero-order chi connectivity index (χ0) is 78.6. The zero-order valence-electron chi connectivity index (χ0n) is 61.3. The molecule has 29 heteroatoms. The summed E-state index contributed by atoms with van der Waals surface area (Å²) in [5.74, 6) is 4.16. The Morgan fingerprint density at radius 1 is 0.387 bits per heavy atom. The van der Waals surface area contributed by atoms with Gasteiger partial charge in [0.05, 0.1) is 62.9 Å². The van der Waals surface area contributed by atoms with Crippen LogP contribution in [0.1, 0.15) is 50.1 Å². The van der Waals surface area contributed by atoms with Crippen LogP contribution in [0.4, 0.5) is 40.6 Å². The normalized spacial score (nSPS) is 11.2. The van der Waals surface area contributed by atoms with E-state index in [9.17, 15) is 16.8 Å². The van der Waals surface area contributed by atoms with Gasteiger partial charge in [-0.1, -0.05) is 36.4 Å². The van der Waals surface area contributed by atoms with Crippen LogP contribution in [0, 0.1) is 75.5 Å². The molecule has 6 heterocycles. The number of hydrogen-bond acceptors (Lipinski definition) is 22. The van der Waals surface area contributed by atoms with Crippen LogP contribution in [-0.4, -0.2) is 70.4 Å². The third kappa shape index (κ3) is 16.9. The Bertz CT molecular complexity index is 6400. The van der Waals surface area contributed by atoms with Crippen molar-refractivity contribution >= 4 is 94.0 Å². The molecule has 0 saturated carbocycles. The number of sulfonamides is 2. The van der Waals surface area contributed by atoms with Gasteiger partial charge in [0.15, 0.2) is 22.3 Å². The van der Waals surface area contributed by atoms with Crippen molar-refractivity contribution in [3.8, 4) is 86.5 Å². The van der Waals surface area contributed by atoms with Crippen LogP contribution in [0.25, 0.3) is 66.7 Å². The van der Waals surface area contributed by atoms with Gasteiger partial charge in [-0.3, -0.25) is 0 Å². The van der Waals surface area contributed by atoms with Gasteiger partial charge in [-0.25, -0.2) is 42.1 Å². The third-order valence-corrected chi connectivity index (χ3v) is 19.7. The predicted octanol–water partition coefficient (Wildman–Crippen LogP) is 15.6. The van der Waals surface area contributed by atoms with Gasteiger partial charge >= 0.3 is 0 Å². The molecule has 0 aliphatic heterocycles. The molecule has 0 bridgehead atoms. The van der Waals surface area contributed by atoms with Crippen molar-refractivity contribution in [1.29, 1.82) is 15.8 Å². The molecule has 111 heavy (non-hydrogen) atoms. The van der Waals surface area contributed by atoms with Crippen LogP contribution in [-0.2, 0) is 41.2 Å². The van der Waals surface area contributed by atoms with E-state index in [1.807, 2.05) is 140 Å². The minimum Gasteiger partial charge on any atom is -0.436 e. The number of hydrogen-bond donors (Lipinski definition) is 6. The van der Waals surface area contributed by atoms with Crippen LogP contribution in [0.3, 0.4) is 0 Å². The molecule has 9 N–H and O–H groups in total. The van der Waals surface area contributed by atoms with Gasteiger partial charge in [-0.05, 0) is 260 Å². The summed E-state index contributed by atoms with van der Waals surface area (Å²) in [4.78, 5) is 36.6. The number of fused-ring (bicyclic) bond motifs is 3. The maximum Gasteiger partial charge on any atom is 0.252 e. The van der Waals surface area contributed by atoms with Crippen molar-refractivity contribution in [3.63, 3.8) is 0 Å². The molecule has 15 rings (SSSR count). The summed E-state index contributed by atoms with van der Waals surface area (Å²) >= 11 is 0. The number of nitrogens with two attached hydrogens (primary N) is 3. The predicted molar refractivity (Wildman–Crippen MR) is 426 cm³/mol. The first-order chi connectivity index (χ1) is 53.1. The monoisotopic (exact) mass is 1510 g/mol. The number of anilines is 7. The van der Waals surface area contributed by atoms with Crippen LogP contribution in [0.15, 0.2) is 217 Å². The highest BCUT2D eigenvalue weighted by atomic mass is 32.2. The molecule has 0 radical (unpaired) electrons. The number of aryl methyl sites for hydroxylation is 9. The zero-order valence-corrected chi connectivity index (χ0v) is 62.9. The second-order valence-corrected chi connectivity index (χ2v) is 29.2. The first-order valence-corrected chi connectivity index (χ1v) is 37.3. The maximum absolute atomic E-state index is 11.6. The Labute approximate surface area is 638 Å². The second kappa shape index (κ2) is 31.2. The number of benzene rings is 9. The van der Waals surface area contributed by atoms with Crippen molar-refractivity contribution in [2.45, 2.75) is 51.3 Å². The average molecular weight is 1510 g/mol. The Morgan fingerprint density at radius 2 is 0.739 bits per heavy atom. The molecule has 15 aromatic rings. The first-order valence-electron chi connectivity index (χ1n) is 34.2. The molecule has 6 aromatic heterocycles. The van der Waals surface area contributed by atoms with E-state index in [4.69, 9.17) is 51.0 Å². The fourth-order valence-electron chi connectivity index (χ4n) is 12.3. The summed E-state index contributed by atoms with van der Waals surface area (Å²) in [5, 5.41) is 47.1. The fraction of sp³-hybridized carbons (Fsp3) is 0.110. The summed E-state index contributed by atoms with van der Waals surface area (Å²) in [7, 11) is -1.90. The molecule has 0 fully saturated rings. The largest absolute Gasteiger partial charge is 0.436 e. The molecule has 0 saturated heterocycles. The fourth-order valence-corrected chi connectivity index (χ4v) is 13.3. The molecule has 0 amide bonds. The topological polar surface area (TPSA) is 399 Å². The summed E-state index contributed by atoms with van der Waals surface area (Å²) in [5.41, 5.74) is 25.4. The van der Waals surface area contributed by atoms with Gasteiger partial charge in [-0.15, -0.1) is 0 Å². The van der Waals surface area contributed by atoms with E-state index >= 15 is 0 Å². The molecule has 0 spiro atoms. The van der Waals surface area contributed by atoms with E-state index in [1.165, 1.54) is 24.3 Å². The molecular weight excluding hydrogens is 1440 g/mol. The molecule has 0 atom stereocenters. The maximum atomic E-state index is 11.6. The van der Waals surface area contributed by atoms with E-state index in [0.29, 0.717) is 86.0 Å². The van der Waals surface area contributed by atoms with Gasteiger partial charge < -0.3 is 49.6 Å². The molecule has 552 valence electrons. The lowest BCUT2D eigenvalue weighted by Crippen LogP contribution is -2.11. The number of imidazole rings is 2. The van der Waals surface area contributed by atoms with Gasteiger partial charge in [0, 0.05) is 50.1 Å². The number of rotatable bonds is 17. The highest BCUT2D eigenvalue weighted by molar-refractivity contribution is 7.89. The quantitative estimate of drug-likeness (QED) is 0.0461. The summed E-state index contributed by atoms with van der Waals surface area (Å²) in [6, 6.07) is 62.0. The van der Waals surface area contributed by atoms with Gasteiger partial charge in [-0.2, -0.15) is 40.7 Å². The summed E-state index contributed by atoms with van der Waals surface area (Å²) < 4.78 is 71.0. The Morgan fingerprint density at radius 3 is 1.14 bits per heavy atom. The van der Waals surface area contributed by atoms with Gasteiger partial charge in [0.1, 0.15) is 22.8 Å².